The minimum atomic E-state index is 0.497. The standard InChI is InChI=1S/C10H14BrN3/c1-10(2)3-7(4-10)14-9-8(11)5-12-6-13-9/h5-7H,3-4H2,1-2H3,(H,12,13,14). The summed E-state index contributed by atoms with van der Waals surface area (Å²) in [5, 5.41) is 3.40. The largest absolute Gasteiger partial charge is 0.366 e. The third kappa shape index (κ3) is 2.05. The Morgan fingerprint density at radius 3 is 2.79 bits per heavy atom. The third-order valence-electron chi connectivity index (χ3n) is 2.61. The predicted molar refractivity (Wildman–Crippen MR) is 60.2 cm³/mol. The topological polar surface area (TPSA) is 37.8 Å². The van der Waals surface area contributed by atoms with E-state index in [1.807, 2.05) is 0 Å². The van der Waals surface area contributed by atoms with Crippen LogP contribution in [0.5, 0.6) is 0 Å². The molecule has 76 valence electrons. The van der Waals surface area contributed by atoms with Gasteiger partial charge < -0.3 is 5.32 Å². The van der Waals surface area contributed by atoms with Crippen molar-refractivity contribution in [3.05, 3.63) is 17.0 Å². The molecule has 2 rings (SSSR count). The number of anilines is 1. The highest BCUT2D eigenvalue weighted by atomic mass is 79.9. The number of hydrogen-bond donors (Lipinski definition) is 1. The van der Waals surface area contributed by atoms with Gasteiger partial charge >= 0.3 is 0 Å². The molecular formula is C10H14BrN3. The van der Waals surface area contributed by atoms with Crippen molar-refractivity contribution in [1.82, 2.24) is 9.97 Å². The van der Waals surface area contributed by atoms with E-state index in [1.165, 1.54) is 12.8 Å². The molecular weight excluding hydrogens is 242 g/mol. The van der Waals surface area contributed by atoms with Gasteiger partial charge in [0.05, 0.1) is 4.47 Å². The van der Waals surface area contributed by atoms with Crippen LogP contribution in [0.15, 0.2) is 17.0 Å². The molecule has 1 aromatic rings. The first-order valence-corrected chi connectivity index (χ1v) is 5.58. The number of nitrogens with one attached hydrogen (secondary N) is 1. The van der Waals surface area contributed by atoms with Crippen molar-refractivity contribution in [3.8, 4) is 0 Å². The van der Waals surface area contributed by atoms with E-state index in [0.717, 1.165) is 10.3 Å². The van der Waals surface area contributed by atoms with Gasteiger partial charge in [0.15, 0.2) is 0 Å². The lowest BCUT2D eigenvalue weighted by Crippen LogP contribution is -2.41. The Morgan fingerprint density at radius 2 is 2.21 bits per heavy atom. The minimum Gasteiger partial charge on any atom is -0.366 e. The number of aromatic nitrogens is 2. The molecule has 0 bridgehead atoms. The zero-order valence-corrected chi connectivity index (χ0v) is 10.0. The van der Waals surface area contributed by atoms with Gasteiger partial charge in [0.1, 0.15) is 12.1 Å². The second-order valence-electron chi connectivity index (χ2n) is 4.63. The third-order valence-corrected chi connectivity index (χ3v) is 3.19. The molecule has 1 fully saturated rings. The van der Waals surface area contributed by atoms with Crippen molar-refractivity contribution in [3.63, 3.8) is 0 Å². The molecule has 1 aromatic heterocycles. The summed E-state index contributed by atoms with van der Waals surface area (Å²) >= 11 is 3.42. The number of halogens is 1. The van der Waals surface area contributed by atoms with Gasteiger partial charge in [-0.1, -0.05) is 13.8 Å². The average Bonchev–Trinajstić information content (AvgIpc) is 2.05. The van der Waals surface area contributed by atoms with Gasteiger partial charge in [0.2, 0.25) is 0 Å². The van der Waals surface area contributed by atoms with E-state index in [-0.39, 0.29) is 0 Å². The van der Waals surface area contributed by atoms with E-state index in [0.29, 0.717) is 11.5 Å². The van der Waals surface area contributed by atoms with Gasteiger partial charge in [-0.25, -0.2) is 9.97 Å². The maximum absolute atomic E-state index is 4.18. The van der Waals surface area contributed by atoms with Crippen molar-refractivity contribution in [2.24, 2.45) is 5.41 Å². The Kier molecular flexibility index (Phi) is 2.47. The average molecular weight is 256 g/mol. The second kappa shape index (κ2) is 3.50. The summed E-state index contributed by atoms with van der Waals surface area (Å²) in [6, 6.07) is 0.566. The van der Waals surface area contributed by atoms with Crippen LogP contribution in [0.4, 0.5) is 5.82 Å². The Hall–Kier alpha value is -0.640. The van der Waals surface area contributed by atoms with Crippen molar-refractivity contribution in [1.29, 1.82) is 0 Å². The van der Waals surface area contributed by atoms with Crippen molar-refractivity contribution >= 4 is 21.7 Å². The van der Waals surface area contributed by atoms with Crippen LogP contribution in [0.2, 0.25) is 0 Å². The highest BCUT2D eigenvalue weighted by Gasteiger charge is 2.36. The summed E-state index contributed by atoms with van der Waals surface area (Å²) in [6.45, 7) is 4.58. The summed E-state index contributed by atoms with van der Waals surface area (Å²) in [6.07, 6.45) is 5.75. The lowest BCUT2D eigenvalue weighted by atomic mass is 9.68. The number of hydrogen-bond acceptors (Lipinski definition) is 3. The normalized spacial score (nSPS) is 20.2. The summed E-state index contributed by atoms with van der Waals surface area (Å²) < 4.78 is 0.935. The first-order valence-electron chi connectivity index (χ1n) is 4.79. The van der Waals surface area contributed by atoms with Crippen LogP contribution in [-0.2, 0) is 0 Å². The lowest BCUT2D eigenvalue weighted by Gasteiger charge is -2.43. The molecule has 1 saturated carbocycles. The summed E-state index contributed by atoms with van der Waals surface area (Å²) in [5.41, 5.74) is 0.497. The molecule has 0 aliphatic heterocycles. The van der Waals surface area contributed by atoms with Gasteiger partial charge in [-0.05, 0) is 34.2 Å². The van der Waals surface area contributed by atoms with Crippen LogP contribution in [-0.4, -0.2) is 16.0 Å². The van der Waals surface area contributed by atoms with Gasteiger partial charge in [-0.2, -0.15) is 0 Å². The molecule has 0 atom stereocenters. The van der Waals surface area contributed by atoms with Gasteiger partial charge in [0.25, 0.3) is 0 Å². The van der Waals surface area contributed by atoms with E-state index in [2.05, 4.69) is 45.1 Å². The Balaban J connectivity index is 1.97. The fraction of sp³-hybridized carbons (Fsp3) is 0.600. The predicted octanol–water partition coefficient (Wildman–Crippen LogP) is 2.84. The Morgan fingerprint density at radius 1 is 1.50 bits per heavy atom. The first kappa shape index (κ1) is 9.90. The van der Waals surface area contributed by atoms with Gasteiger partial charge in [-0.15, -0.1) is 0 Å². The molecule has 0 spiro atoms. The van der Waals surface area contributed by atoms with Crippen LogP contribution in [0, 0.1) is 5.41 Å². The fourth-order valence-corrected chi connectivity index (χ4v) is 2.32. The quantitative estimate of drug-likeness (QED) is 0.884. The Bertz CT molecular complexity index is 330. The number of rotatable bonds is 2. The van der Waals surface area contributed by atoms with Crippen molar-refractivity contribution < 1.29 is 0 Å². The lowest BCUT2D eigenvalue weighted by molar-refractivity contribution is 0.167. The maximum atomic E-state index is 4.18. The monoisotopic (exact) mass is 255 g/mol. The van der Waals surface area contributed by atoms with Crippen molar-refractivity contribution in [2.75, 3.05) is 5.32 Å². The molecule has 4 heteroatoms. The molecule has 1 N–H and O–H groups in total. The van der Waals surface area contributed by atoms with E-state index in [4.69, 9.17) is 0 Å². The molecule has 1 heterocycles. The van der Waals surface area contributed by atoms with Crippen molar-refractivity contribution in [2.45, 2.75) is 32.7 Å². The summed E-state index contributed by atoms with van der Waals surface area (Å²) in [7, 11) is 0. The molecule has 1 aliphatic rings. The number of nitrogens with zero attached hydrogens (tertiary/aromatic N) is 2. The highest BCUT2D eigenvalue weighted by molar-refractivity contribution is 9.10. The van der Waals surface area contributed by atoms with Crippen LogP contribution >= 0.6 is 15.9 Å². The first-order chi connectivity index (χ1) is 6.57. The zero-order valence-electron chi connectivity index (χ0n) is 8.42. The zero-order chi connectivity index (χ0) is 10.2. The highest BCUT2D eigenvalue weighted by Crippen LogP contribution is 2.41. The molecule has 1 aliphatic carbocycles. The van der Waals surface area contributed by atoms with E-state index < -0.39 is 0 Å². The second-order valence-corrected chi connectivity index (χ2v) is 5.49. The molecule has 0 unspecified atom stereocenters. The van der Waals surface area contributed by atoms with Crippen LogP contribution in [0.25, 0.3) is 0 Å². The molecule has 0 amide bonds. The van der Waals surface area contributed by atoms with Gasteiger partial charge in [-0.3, -0.25) is 0 Å². The van der Waals surface area contributed by atoms with Gasteiger partial charge in [0, 0.05) is 12.2 Å². The molecule has 3 nitrogen and oxygen atoms in total. The van der Waals surface area contributed by atoms with E-state index in [1.54, 1.807) is 12.5 Å². The van der Waals surface area contributed by atoms with Crippen LogP contribution in [0.1, 0.15) is 26.7 Å². The minimum absolute atomic E-state index is 0.497. The molecule has 0 radical (unpaired) electrons. The SMILES string of the molecule is CC1(C)CC(Nc2ncncc2Br)C1. The van der Waals surface area contributed by atoms with E-state index >= 15 is 0 Å². The van der Waals surface area contributed by atoms with E-state index in [9.17, 15) is 0 Å². The maximum Gasteiger partial charge on any atom is 0.143 e. The summed E-state index contributed by atoms with van der Waals surface area (Å²) in [5.74, 6) is 0.903. The smallest absolute Gasteiger partial charge is 0.143 e. The summed E-state index contributed by atoms with van der Waals surface area (Å²) in [4.78, 5) is 8.11. The van der Waals surface area contributed by atoms with Crippen LogP contribution < -0.4 is 5.32 Å². The fourth-order valence-electron chi connectivity index (χ4n) is 1.99. The molecule has 0 aromatic carbocycles. The molecule has 14 heavy (non-hydrogen) atoms. The Labute approximate surface area is 92.5 Å². The molecule has 0 saturated heterocycles. The van der Waals surface area contributed by atoms with Crippen LogP contribution in [0.3, 0.4) is 0 Å².